The molecule has 0 atom stereocenters. The van der Waals surface area contributed by atoms with Gasteiger partial charge in [0.05, 0.1) is 22.0 Å². The third-order valence-corrected chi connectivity index (χ3v) is 5.60. The van der Waals surface area contributed by atoms with Gasteiger partial charge in [0.2, 0.25) is 0 Å². The molecule has 0 fully saturated rings. The summed E-state index contributed by atoms with van der Waals surface area (Å²) in [5, 5.41) is 0. The second kappa shape index (κ2) is 6.72. The van der Waals surface area contributed by atoms with E-state index in [1.54, 1.807) is 12.1 Å². The summed E-state index contributed by atoms with van der Waals surface area (Å²) in [6.45, 7) is 4.03. The van der Waals surface area contributed by atoms with Crippen LogP contribution in [0.3, 0.4) is 0 Å². The van der Waals surface area contributed by atoms with Crippen molar-refractivity contribution >= 4 is 31.7 Å². The Morgan fingerprint density at radius 3 is 2.25 bits per heavy atom. The number of carbonyl (C=O) groups is 1. The normalized spacial score (nSPS) is 11.7. The fraction of sp³-hybridized carbons (Fsp3) is 0.500. The molecule has 112 valence electrons. The van der Waals surface area contributed by atoms with Crippen molar-refractivity contribution in [2.45, 2.75) is 37.5 Å². The van der Waals surface area contributed by atoms with Gasteiger partial charge < -0.3 is 4.74 Å². The minimum absolute atomic E-state index is 0.141. The Balaban J connectivity index is 3.65. The Kier molecular flexibility index (Phi) is 5.77. The maximum absolute atomic E-state index is 12.1. The third-order valence-electron chi connectivity index (χ3n) is 3.33. The number of halogens is 1. The number of carbonyl (C=O) groups excluding carboxylic acids is 1. The SMILES string of the molecule is CCC(CC)c1ccc(C(=O)OC)c(Br)c1S(C)(=O)=O. The molecule has 0 radical (unpaired) electrons. The van der Waals surface area contributed by atoms with Crippen LogP contribution in [0.25, 0.3) is 0 Å². The minimum atomic E-state index is -3.45. The smallest absolute Gasteiger partial charge is 0.339 e. The molecule has 0 unspecified atom stereocenters. The van der Waals surface area contributed by atoms with E-state index in [2.05, 4.69) is 20.7 Å². The summed E-state index contributed by atoms with van der Waals surface area (Å²) in [5.74, 6) is -0.416. The average Bonchev–Trinajstić information content (AvgIpc) is 2.38. The Morgan fingerprint density at radius 2 is 1.85 bits per heavy atom. The lowest BCUT2D eigenvalue weighted by molar-refractivity contribution is 0.0599. The maximum atomic E-state index is 12.1. The summed E-state index contributed by atoms with van der Waals surface area (Å²) in [4.78, 5) is 11.9. The van der Waals surface area contributed by atoms with Crippen LogP contribution >= 0.6 is 15.9 Å². The Labute approximate surface area is 128 Å². The molecule has 6 heteroatoms. The highest BCUT2D eigenvalue weighted by atomic mass is 79.9. The largest absolute Gasteiger partial charge is 0.465 e. The van der Waals surface area contributed by atoms with Gasteiger partial charge in [0.25, 0.3) is 0 Å². The highest BCUT2D eigenvalue weighted by Gasteiger charge is 2.25. The quantitative estimate of drug-likeness (QED) is 0.751. The van der Waals surface area contributed by atoms with Gasteiger partial charge in [-0.1, -0.05) is 19.9 Å². The maximum Gasteiger partial charge on any atom is 0.339 e. The zero-order valence-electron chi connectivity index (χ0n) is 12.1. The molecule has 1 aromatic rings. The van der Waals surface area contributed by atoms with Crippen LogP contribution in [-0.4, -0.2) is 27.8 Å². The molecule has 0 aromatic heterocycles. The Bertz CT molecular complexity index is 604. The first-order valence-electron chi connectivity index (χ1n) is 6.38. The first-order valence-corrected chi connectivity index (χ1v) is 9.07. The van der Waals surface area contributed by atoms with E-state index in [9.17, 15) is 13.2 Å². The summed E-state index contributed by atoms with van der Waals surface area (Å²) in [5.41, 5.74) is 0.972. The summed E-state index contributed by atoms with van der Waals surface area (Å²) < 4.78 is 29.1. The topological polar surface area (TPSA) is 60.4 Å². The van der Waals surface area contributed by atoms with Gasteiger partial charge in [-0.05, 0) is 46.3 Å². The van der Waals surface area contributed by atoms with Crippen molar-refractivity contribution in [1.82, 2.24) is 0 Å². The summed E-state index contributed by atoms with van der Waals surface area (Å²) in [7, 11) is -2.18. The Morgan fingerprint density at radius 1 is 1.30 bits per heavy atom. The number of hydrogen-bond donors (Lipinski definition) is 0. The van der Waals surface area contributed by atoms with E-state index < -0.39 is 15.8 Å². The highest BCUT2D eigenvalue weighted by molar-refractivity contribution is 9.10. The molecular weight excluding hydrogens is 344 g/mol. The second-order valence-electron chi connectivity index (χ2n) is 4.62. The summed E-state index contributed by atoms with van der Waals surface area (Å²) >= 11 is 3.26. The highest BCUT2D eigenvalue weighted by Crippen LogP contribution is 2.36. The molecule has 0 saturated carbocycles. The van der Waals surface area contributed by atoms with E-state index >= 15 is 0 Å². The molecule has 4 nitrogen and oxygen atoms in total. The number of methoxy groups -OCH3 is 1. The second-order valence-corrected chi connectivity index (χ2v) is 7.37. The van der Waals surface area contributed by atoms with Gasteiger partial charge in [0.1, 0.15) is 0 Å². The van der Waals surface area contributed by atoms with E-state index in [-0.39, 0.29) is 20.8 Å². The lowest BCUT2D eigenvalue weighted by Crippen LogP contribution is -2.12. The van der Waals surface area contributed by atoms with Crippen LogP contribution in [0, 0.1) is 0 Å². The van der Waals surface area contributed by atoms with Crippen LogP contribution in [-0.2, 0) is 14.6 Å². The molecule has 1 aromatic carbocycles. The van der Waals surface area contributed by atoms with Crippen LogP contribution in [0.5, 0.6) is 0 Å². The molecular formula is C14H19BrO4S. The van der Waals surface area contributed by atoms with Crippen molar-refractivity contribution in [3.63, 3.8) is 0 Å². The molecule has 0 aliphatic rings. The number of ether oxygens (including phenoxy) is 1. The van der Waals surface area contributed by atoms with Crippen molar-refractivity contribution in [1.29, 1.82) is 0 Å². The predicted octanol–water partition coefficient (Wildman–Crippen LogP) is 3.54. The zero-order valence-corrected chi connectivity index (χ0v) is 14.5. The molecule has 0 saturated heterocycles. The van der Waals surface area contributed by atoms with Crippen molar-refractivity contribution < 1.29 is 17.9 Å². The fourth-order valence-corrected chi connectivity index (χ4v) is 4.77. The molecule has 0 spiro atoms. The molecule has 0 amide bonds. The Hall–Kier alpha value is -0.880. The molecule has 0 N–H and O–H groups in total. The van der Waals surface area contributed by atoms with Gasteiger partial charge in [-0.3, -0.25) is 0 Å². The first kappa shape index (κ1) is 17.2. The number of hydrogen-bond acceptors (Lipinski definition) is 4. The van der Waals surface area contributed by atoms with Crippen LogP contribution in [0.4, 0.5) is 0 Å². The minimum Gasteiger partial charge on any atom is -0.465 e. The number of sulfone groups is 1. The van der Waals surface area contributed by atoms with Crippen LogP contribution in [0.1, 0.15) is 48.5 Å². The molecule has 0 heterocycles. The van der Waals surface area contributed by atoms with Crippen LogP contribution in [0.15, 0.2) is 21.5 Å². The number of rotatable bonds is 5. The van der Waals surface area contributed by atoms with E-state index in [0.29, 0.717) is 0 Å². The van der Waals surface area contributed by atoms with Gasteiger partial charge in [-0.2, -0.15) is 0 Å². The van der Waals surface area contributed by atoms with Crippen LogP contribution < -0.4 is 0 Å². The van der Waals surface area contributed by atoms with Gasteiger partial charge in [0, 0.05) is 6.26 Å². The average molecular weight is 363 g/mol. The monoisotopic (exact) mass is 362 g/mol. The van der Waals surface area contributed by atoms with Crippen molar-refractivity contribution in [3.05, 3.63) is 27.7 Å². The molecule has 1 rings (SSSR count). The first-order chi connectivity index (χ1) is 9.27. The lowest BCUT2D eigenvalue weighted by Gasteiger charge is -2.19. The summed E-state index contributed by atoms with van der Waals surface area (Å²) in [6.07, 6.45) is 2.83. The molecule has 0 bridgehead atoms. The van der Waals surface area contributed by atoms with Crippen molar-refractivity contribution in [3.8, 4) is 0 Å². The van der Waals surface area contributed by atoms with Crippen molar-refractivity contribution in [2.24, 2.45) is 0 Å². The van der Waals surface area contributed by atoms with Crippen LogP contribution in [0.2, 0.25) is 0 Å². The van der Waals surface area contributed by atoms with E-state index in [0.717, 1.165) is 24.7 Å². The van der Waals surface area contributed by atoms with E-state index in [1.807, 2.05) is 13.8 Å². The molecule has 20 heavy (non-hydrogen) atoms. The van der Waals surface area contributed by atoms with Crippen molar-refractivity contribution in [2.75, 3.05) is 13.4 Å². The standard InChI is InChI=1S/C14H19BrO4S/c1-5-9(6-2)10-7-8-11(14(16)19-3)12(15)13(10)20(4,17)18/h7-9H,5-6H2,1-4H3. The van der Waals surface area contributed by atoms with Gasteiger partial charge in [0.15, 0.2) is 9.84 Å². The fourth-order valence-electron chi connectivity index (χ4n) is 2.27. The van der Waals surface area contributed by atoms with Gasteiger partial charge >= 0.3 is 5.97 Å². The summed E-state index contributed by atoms with van der Waals surface area (Å²) in [6, 6.07) is 3.32. The third kappa shape index (κ3) is 3.41. The number of esters is 1. The van der Waals surface area contributed by atoms with E-state index in [4.69, 9.17) is 0 Å². The van der Waals surface area contributed by atoms with E-state index in [1.165, 1.54) is 7.11 Å². The lowest BCUT2D eigenvalue weighted by atomic mass is 9.93. The molecule has 0 aliphatic carbocycles. The van der Waals surface area contributed by atoms with Gasteiger partial charge in [-0.15, -0.1) is 0 Å². The predicted molar refractivity (Wildman–Crippen MR) is 81.9 cm³/mol. The zero-order chi connectivity index (χ0) is 15.5. The van der Waals surface area contributed by atoms with Gasteiger partial charge in [-0.25, -0.2) is 13.2 Å². The molecule has 0 aliphatic heterocycles. The number of benzene rings is 1.